The molecule has 0 bridgehead atoms. The summed E-state index contributed by atoms with van der Waals surface area (Å²) in [4.78, 5) is 2.28. The first kappa shape index (κ1) is 23.6. The summed E-state index contributed by atoms with van der Waals surface area (Å²) in [6.45, 7) is 14.4. The molecule has 2 N–H and O–H groups in total. The molecular formula is C20H30B2O4S2. The van der Waals surface area contributed by atoms with E-state index in [0.29, 0.717) is 0 Å². The van der Waals surface area contributed by atoms with Crippen molar-refractivity contribution in [2.24, 2.45) is 0 Å². The second-order valence-electron chi connectivity index (χ2n) is 9.01. The van der Waals surface area contributed by atoms with Gasteiger partial charge in [0.25, 0.3) is 0 Å². The van der Waals surface area contributed by atoms with Crippen molar-refractivity contribution in [2.45, 2.75) is 77.8 Å². The van der Waals surface area contributed by atoms with Gasteiger partial charge in [-0.05, 0) is 67.5 Å². The highest BCUT2D eigenvalue weighted by Crippen LogP contribution is 2.29. The fourth-order valence-corrected chi connectivity index (χ4v) is 3.63. The fraction of sp³-hybridized carbons (Fsp3) is 0.600. The summed E-state index contributed by atoms with van der Waals surface area (Å²) in [7, 11) is 3.42. The maximum absolute atomic E-state index is 10.2. The summed E-state index contributed by atoms with van der Waals surface area (Å²) in [5.74, 6) is 0. The van der Waals surface area contributed by atoms with E-state index in [2.05, 4.69) is 12.1 Å². The van der Waals surface area contributed by atoms with E-state index in [4.69, 9.17) is 9.31 Å². The van der Waals surface area contributed by atoms with Crippen LogP contribution in [0.2, 0.25) is 0 Å². The van der Waals surface area contributed by atoms with Gasteiger partial charge in [-0.3, -0.25) is 0 Å². The van der Waals surface area contributed by atoms with E-state index in [-0.39, 0.29) is 0 Å². The number of hydrogen-bond donors (Lipinski definition) is 2. The number of hydrogen-bond acceptors (Lipinski definition) is 6. The highest BCUT2D eigenvalue weighted by molar-refractivity contribution is 7.29. The van der Waals surface area contributed by atoms with E-state index in [1.54, 1.807) is 65.3 Å². The first-order chi connectivity index (χ1) is 12.6. The molecule has 0 aromatic carbocycles. The van der Waals surface area contributed by atoms with Crippen LogP contribution < -0.4 is 9.55 Å². The maximum Gasteiger partial charge on any atom is 0.341 e. The number of aliphatic hydroxyl groups is 2. The van der Waals surface area contributed by atoms with Gasteiger partial charge in [0.15, 0.2) is 0 Å². The van der Waals surface area contributed by atoms with Crippen LogP contribution in [0.15, 0.2) is 24.3 Å². The van der Waals surface area contributed by atoms with Gasteiger partial charge in [-0.15, -0.1) is 22.7 Å². The molecule has 0 aliphatic carbocycles. The quantitative estimate of drug-likeness (QED) is 0.613. The van der Waals surface area contributed by atoms with E-state index < -0.39 is 22.4 Å². The van der Waals surface area contributed by atoms with Crippen molar-refractivity contribution in [1.29, 1.82) is 0 Å². The Labute approximate surface area is 178 Å². The van der Waals surface area contributed by atoms with E-state index >= 15 is 0 Å². The van der Waals surface area contributed by atoms with Crippen LogP contribution >= 0.6 is 22.7 Å². The zero-order chi connectivity index (χ0) is 21.4. The second kappa shape index (κ2) is 8.25. The van der Waals surface area contributed by atoms with Gasteiger partial charge >= 0.3 is 15.0 Å². The van der Waals surface area contributed by atoms with Crippen molar-refractivity contribution in [2.75, 3.05) is 0 Å². The Hall–Kier alpha value is -0.630. The lowest BCUT2D eigenvalue weighted by molar-refractivity contribution is -0.0892. The summed E-state index contributed by atoms with van der Waals surface area (Å²) in [5, 5.41) is 20.4. The van der Waals surface area contributed by atoms with E-state index in [9.17, 15) is 10.2 Å². The normalized spacial score (nSPS) is 13.6. The molecule has 0 saturated heterocycles. The summed E-state index contributed by atoms with van der Waals surface area (Å²) >= 11 is 3.26. The predicted octanol–water partition coefficient (Wildman–Crippen LogP) is 3.10. The maximum atomic E-state index is 10.2. The monoisotopic (exact) mass is 420 g/mol. The molecule has 2 aromatic rings. The van der Waals surface area contributed by atoms with Crippen molar-refractivity contribution in [1.82, 2.24) is 0 Å². The van der Waals surface area contributed by atoms with Crippen LogP contribution in [0.4, 0.5) is 0 Å². The lowest BCUT2D eigenvalue weighted by atomic mass is 9.86. The Morgan fingerprint density at radius 3 is 1.25 bits per heavy atom. The summed E-state index contributed by atoms with van der Waals surface area (Å²) in [5.41, 5.74) is -3.27. The van der Waals surface area contributed by atoms with Gasteiger partial charge in [0.2, 0.25) is 0 Å². The minimum absolute atomic E-state index is 0.688. The van der Waals surface area contributed by atoms with Crippen LogP contribution in [0.1, 0.15) is 55.4 Å². The topological polar surface area (TPSA) is 58.9 Å². The third kappa shape index (κ3) is 5.71. The summed E-state index contributed by atoms with van der Waals surface area (Å²) < 4.78 is 13.6. The molecule has 2 heterocycles. The molecule has 152 valence electrons. The smallest absolute Gasteiger partial charge is 0.341 e. The van der Waals surface area contributed by atoms with Crippen LogP contribution in [0, 0.1) is 0 Å². The standard InChI is InChI=1S/C20H30B2O4S2/c1-17(2,23)19(5,6)25-21-15-11-9-13(27-15)14-10-12-16(28-14)22-26-20(7,8)18(3,4)24/h9-12,23-24H,1-8H3. The molecule has 2 radical (unpaired) electrons. The largest absolute Gasteiger partial charge is 0.426 e. The molecule has 0 unspecified atom stereocenters. The second-order valence-corrected chi connectivity index (χ2v) is 11.2. The highest BCUT2D eigenvalue weighted by Gasteiger charge is 2.36. The molecule has 0 amide bonds. The molecule has 0 aliphatic heterocycles. The Morgan fingerprint density at radius 2 is 0.964 bits per heavy atom. The molecule has 2 aromatic heterocycles. The van der Waals surface area contributed by atoms with Gasteiger partial charge < -0.3 is 19.5 Å². The Balaban J connectivity index is 1.99. The van der Waals surface area contributed by atoms with Gasteiger partial charge in [-0.1, -0.05) is 12.1 Å². The molecule has 2 rings (SSSR count). The number of thiophene rings is 2. The molecule has 0 atom stereocenters. The molecule has 0 spiro atoms. The molecule has 4 nitrogen and oxygen atoms in total. The van der Waals surface area contributed by atoms with Gasteiger partial charge in [0, 0.05) is 19.3 Å². The molecule has 8 heteroatoms. The van der Waals surface area contributed by atoms with Crippen LogP contribution in [0.5, 0.6) is 0 Å². The average Bonchev–Trinajstić information content (AvgIpc) is 3.18. The third-order valence-electron chi connectivity index (χ3n) is 5.38. The van der Waals surface area contributed by atoms with E-state index in [0.717, 1.165) is 19.3 Å². The first-order valence-corrected chi connectivity index (χ1v) is 10.9. The lowest BCUT2D eigenvalue weighted by Gasteiger charge is -2.37. The zero-order valence-electron chi connectivity index (χ0n) is 18.0. The van der Waals surface area contributed by atoms with Gasteiger partial charge in [0.1, 0.15) is 0 Å². The van der Waals surface area contributed by atoms with Gasteiger partial charge in [-0.2, -0.15) is 0 Å². The summed E-state index contributed by atoms with van der Waals surface area (Å²) in [6.07, 6.45) is 0. The molecular weight excluding hydrogens is 390 g/mol. The van der Waals surface area contributed by atoms with Crippen molar-refractivity contribution in [3.63, 3.8) is 0 Å². The van der Waals surface area contributed by atoms with E-state index in [1.807, 2.05) is 39.8 Å². The van der Waals surface area contributed by atoms with Crippen molar-refractivity contribution in [3.8, 4) is 9.75 Å². The van der Waals surface area contributed by atoms with Crippen LogP contribution in [-0.4, -0.2) is 47.6 Å². The molecule has 0 saturated carbocycles. The highest BCUT2D eigenvalue weighted by atomic mass is 32.1. The Bertz CT molecular complexity index is 716. The van der Waals surface area contributed by atoms with Crippen molar-refractivity contribution < 1.29 is 19.5 Å². The minimum atomic E-state index is -0.945. The first-order valence-electron chi connectivity index (χ1n) is 9.29. The predicted molar refractivity (Wildman–Crippen MR) is 121 cm³/mol. The third-order valence-corrected chi connectivity index (χ3v) is 7.60. The fourth-order valence-electron chi connectivity index (χ4n) is 1.80. The van der Waals surface area contributed by atoms with Crippen LogP contribution in [0.3, 0.4) is 0 Å². The van der Waals surface area contributed by atoms with Gasteiger partial charge in [0.05, 0.1) is 22.4 Å². The van der Waals surface area contributed by atoms with E-state index in [1.165, 1.54) is 0 Å². The minimum Gasteiger partial charge on any atom is -0.426 e. The van der Waals surface area contributed by atoms with Crippen LogP contribution in [0.25, 0.3) is 9.75 Å². The van der Waals surface area contributed by atoms with Crippen LogP contribution in [-0.2, 0) is 9.31 Å². The average molecular weight is 420 g/mol. The lowest BCUT2D eigenvalue weighted by Crippen LogP contribution is -2.49. The molecule has 28 heavy (non-hydrogen) atoms. The molecule has 0 fully saturated rings. The summed E-state index contributed by atoms with van der Waals surface area (Å²) in [6, 6.07) is 8.15. The zero-order valence-corrected chi connectivity index (χ0v) is 19.6. The Morgan fingerprint density at radius 1 is 0.643 bits per heavy atom. The van der Waals surface area contributed by atoms with Gasteiger partial charge in [-0.25, -0.2) is 0 Å². The molecule has 0 aliphatic rings. The number of rotatable bonds is 9. The Kier molecular flexibility index (Phi) is 6.96. The van der Waals surface area contributed by atoms with Crippen molar-refractivity contribution >= 4 is 47.2 Å². The van der Waals surface area contributed by atoms with Crippen molar-refractivity contribution in [3.05, 3.63) is 24.3 Å². The SMILES string of the molecule is CC(C)(O)C(C)(C)O[B]c1ccc(-c2ccc([B]OC(C)(C)C(C)(C)O)s2)s1.